The molecule has 1 saturated heterocycles. The molecule has 0 aromatic rings. The summed E-state index contributed by atoms with van der Waals surface area (Å²) in [5.41, 5.74) is 0. The number of amides is 1. The van der Waals surface area contributed by atoms with Gasteiger partial charge in [0, 0.05) is 13.0 Å². The average Bonchev–Trinajstić information content (AvgIpc) is 2.19. The third-order valence-electron chi connectivity index (χ3n) is 2.04. The Hall–Kier alpha value is -0.620. The molecular formula is C10H15NOS. The monoisotopic (exact) mass is 197 g/mol. The van der Waals surface area contributed by atoms with Crippen molar-refractivity contribution in [1.29, 1.82) is 0 Å². The van der Waals surface area contributed by atoms with E-state index in [-0.39, 0.29) is 11.2 Å². The molecule has 0 saturated carbocycles. The molecule has 0 aliphatic carbocycles. The van der Waals surface area contributed by atoms with E-state index in [9.17, 15) is 4.79 Å². The first-order valence-corrected chi connectivity index (χ1v) is 5.72. The predicted octanol–water partition coefficient (Wildman–Crippen LogP) is 1.41. The fourth-order valence-electron chi connectivity index (χ4n) is 1.32. The van der Waals surface area contributed by atoms with Gasteiger partial charge in [0.15, 0.2) is 0 Å². The van der Waals surface area contributed by atoms with E-state index >= 15 is 0 Å². The number of carbonyl (C=O) groups is 1. The standard InChI is InChI=1S/C10H15NOS/c1-2-3-7-11-10(12)9-6-4-5-8-13-9/h1,9H,3-8H2,(H,11,12). The lowest BCUT2D eigenvalue weighted by atomic mass is 10.2. The maximum atomic E-state index is 11.5. The van der Waals surface area contributed by atoms with Crippen LogP contribution < -0.4 is 5.32 Å². The van der Waals surface area contributed by atoms with Crippen LogP contribution in [-0.4, -0.2) is 23.5 Å². The molecule has 72 valence electrons. The van der Waals surface area contributed by atoms with Crippen molar-refractivity contribution < 1.29 is 4.79 Å². The summed E-state index contributed by atoms with van der Waals surface area (Å²) in [6.07, 6.45) is 9.16. The summed E-state index contributed by atoms with van der Waals surface area (Å²) in [5, 5.41) is 3.02. The molecule has 0 bridgehead atoms. The molecule has 1 aliphatic heterocycles. The molecule has 0 spiro atoms. The third-order valence-corrected chi connectivity index (χ3v) is 3.42. The van der Waals surface area contributed by atoms with Gasteiger partial charge >= 0.3 is 0 Å². The topological polar surface area (TPSA) is 29.1 Å². The van der Waals surface area contributed by atoms with E-state index in [0.717, 1.165) is 12.2 Å². The lowest BCUT2D eigenvalue weighted by molar-refractivity contribution is -0.120. The fraction of sp³-hybridized carbons (Fsp3) is 0.700. The lowest BCUT2D eigenvalue weighted by Gasteiger charge is -2.19. The second-order valence-electron chi connectivity index (χ2n) is 3.10. The summed E-state index contributed by atoms with van der Waals surface area (Å²) in [6, 6.07) is 0. The number of hydrogen-bond donors (Lipinski definition) is 1. The Labute approximate surface area is 83.9 Å². The highest BCUT2D eigenvalue weighted by Crippen LogP contribution is 2.24. The Bertz CT molecular complexity index is 203. The highest BCUT2D eigenvalue weighted by Gasteiger charge is 2.20. The summed E-state index contributed by atoms with van der Waals surface area (Å²) in [5.74, 6) is 3.79. The molecule has 1 rings (SSSR count). The van der Waals surface area contributed by atoms with Crippen molar-refractivity contribution in [2.45, 2.75) is 30.9 Å². The van der Waals surface area contributed by atoms with Gasteiger partial charge < -0.3 is 5.32 Å². The van der Waals surface area contributed by atoms with Gasteiger partial charge in [-0.2, -0.15) is 0 Å². The molecule has 1 N–H and O–H groups in total. The van der Waals surface area contributed by atoms with Gasteiger partial charge in [-0.1, -0.05) is 6.42 Å². The van der Waals surface area contributed by atoms with Gasteiger partial charge in [0.1, 0.15) is 0 Å². The van der Waals surface area contributed by atoms with Crippen LogP contribution in [0.25, 0.3) is 0 Å². The molecule has 1 atom stereocenters. The van der Waals surface area contributed by atoms with E-state index in [1.165, 1.54) is 12.8 Å². The molecule has 3 heteroatoms. The number of nitrogens with one attached hydrogen (secondary N) is 1. The molecule has 1 aliphatic rings. The normalized spacial score (nSPS) is 21.9. The molecular weight excluding hydrogens is 182 g/mol. The SMILES string of the molecule is C#CCCNC(=O)C1CCCCS1. The zero-order valence-corrected chi connectivity index (χ0v) is 8.53. The molecule has 1 heterocycles. The van der Waals surface area contributed by atoms with Gasteiger partial charge in [0.25, 0.3) is 0 Å². The van der Waals surface area contributed by atoms with Crippen molar-refractivity contribution in [2.24, 2.45) is 0 Å². The van der Waals surface area contributed by atoms with E-state index in [0.29, 0.717) is 13.0 Å². The van der Waals surface area contributed by atoms with E-state index in [1.807, 2.05) is 0 Å². The lowest BCUT2D eigenvalue weighted by Crippen LogP contribution is -2.34. The van der Waals surface area contributed by atoms with Crippen LogP contribution in [-0.2, 0) is 4.79 Å². The minimum atomic E-state index is 0.167. The van der Waals surface area contributed by atoms with E-state index < -0.39 is 0 Å². The van der Waals surface area contributed by atoms with Crippen molar-refractivity contribution >= 4 is 17.7 Å². The highest BCUT2D eigenvalue weighted by atomic mass is 32.2. The van der Waals surface area contributed by atoms with Crippen LogP contribution in [0.5, 0.6) is 0 Å². The van der Waals surface area contributed by atoms with Crippen molar-refractivity contribution in [3.8, 4) is 12.3 Å². The first-order chi connectivity index (χ1) is 6.34. The zero-order chi connectivity index (χ0) is 9.52. The summed E-state index contributed by atoms with van der Waals surface area (Å²) in [6.45, 7) is 0.617. The summed E-state index contributed by atoms with van der Waals surface area (Å²) in [7, 11) is 0. The zero-order valence-electron chi connectivity index (χ0n) is 7.71. The minimum absolute atomic E-state index is 0.167. The first kappa shape index (κ1) is 10.5. The number of thioether (sulfide) groups is 1. The number of rotatable bonds is 3. The number of terminal acetylenes is 1. The average molecular weight is 197 g/mol. The third kappa shape index (κ3) is 3.73. The van der Waals surface area contributed by atoms with E-state index in [2.05, 4.69) is 11.2 Å². The smallest absolute Gasteiger partial charge is 0.233 e. The molecule has 13 heavy (non-hydrogen) atoms. The Balaban J connectivity index is 2.18. The van der Waals surface area contributed by atoms with Crippen LogP contribution in [0.3, 0.4) is 0 Å². The first-order valence-electron chi connectivity index (χ1n) is 4.67. The molecule has 0 aromatic carbocycles. The molecule has 0 aromatic heterocycles. The Morgan fingerprint density at radius 3 is 3.08 bits per heavy atom. The Morgan fingerprint density at radius 2 is 2.46 bits per heavy atom. The summed E-state index contributed by atoms with van der Waals surface area (Å²) >= 11 is 1.77. The van der Waals surface area contributed by atoms with E-state index in [4.69, 9.17) is 6.42 Å². The summed E-state index contributed by atoms with van der Waals surface area (Å²) < 4.78 is 0. The van der Waals surface area contributed by atoms with Crippen LogP contribution in [0, 0.1) is 12.3 Å². The number of carbonyl (C=O) groups excluding carboxylic acids is 1. The molecule has 1 fully saturated rings. The van der Waals surface area contributed by atoms with Gasteiger partial charge in [0.05, 0.1) is 5.25 Å². The van der Waals surface area contributed by atoms with Gasteiger partial charge in [0.2, 0.25) is 5.91 Å². The van der Waals surface area contributed by atoms with Crippen molar-refractivity contribution in [3.05, 3.63) is 0 Å². The molecule has 1 amide bonds. The molecule has 2 nitrogen and oxygen atoms in total. The van der Waals surface area contributed by atoms with Gasteiger partial charge in [-0.15, -0.1) is 24.1 Å². The maximum Gasteiger partial charge on any atom is 0.233 e. The largest absolute Gasteiger partial charge is 0.354 e. The van der Waals surface area contributed by atoms with Crippen molar-refractivity contribution in [2.75, 3.05) is 12.3 Å². The van der Waals surface area contributed by atoms with Gasteiger partial charge in [-0.05, 0) is 18.6 Å². The van der Waals surface area contributed by atoms with Crippen molar-refractivity contribution in [1.82, 2.24) is 5.32 Å². The van der Waals surface area contributed by atoms with Crippen LogP contribution in [0.15, 0.2) is 0 Å². The second-order valence-corrected chi connectivity index (χ2v) is 4.41. The molecule has 1 unspecified atom stereocenters. The quantitative estimate of drug-likeness (QED) is 0.547. The second kappa shape index (κ2) is 5.93. The predicted molar refractivity (Wildman–Crippen MR) is 56.6 cm³/mol. The summed E-state index contributed by atoms with van der Waals surface area (Å²) in [4.78, 5) is 11.5. The molecule has 0 radical (unpaired) electrons. The maximum absolute atomic E-state index is 11.5. The van der Waals surface area contributed by atoms with Gasteiger partial charge in [-0.3, -0.25) is 4.79 Å². The van der Waals surface area contributed by atoms with Crippen LogP contribution in [0.2, 0.25) is 0 Å². The van der Waals surface area contributed by atoms with Crippen LogP contribution in [0.1, 0.15) is 25.7 Å². The minimum Gasteiger partial charge on any atom is -0.354 e. The van der Waals surface area contributed by atoms with Crippen LogP contribution in [0.4, 0.5) is 0 Å². The van der Waals surface area contributed by atoms with E-state index in [1.54, 1.807) is 11.8 Å². The fourth-order valence-corrected chi connectivity index (χ4v) is 2.54. The van der Waals surface area contributed by atoms with Crippen LogP contribution >= 0.6 is 11.8 Å². The Morgan fingerprint density at radius 1 is 1.62 bits per heavy atom. The van der Waals surface area contributed by atoms with Crippen molar-refractivity contribution in [3.63, 3.8) is 0 Å². The highest BCUT2D eigenvalue weighted by molar-refractivity contribution is 8.00. The Kier molecular flexibility index (Phi) is 4.77. The number of hydrogen-bond acceptors (Lipinski definition) is 2. The van der Waals surface area contributed by atoms with Gasteiger partial charge in [-0.25, -0.2) is 0 Å².